The number of halogens is 1. The molecule has 1 heterocycles. The molecule has 1 aliphatic rings. The van der Waals surface area contributed by atoms with Gasteiger partial charge in [-0.15, -0.1) is 0 Å². The molecular formula is C16H23FN2O2. The predicted molar refractivity (Wildman–Crippen MR) is 79.7 cm³/mol. The van der Waals surface area contributed by atoms with Crippen molar-refractivity contribution in [2.75, 3.05) is 13.1 Å². The van der Waals surface area contributed by atoms with Gasteiger partial charge in [-0.3, -0.25) is 0 Å². The quantitative estimate of drug-likeness (QED) is 0.866. The molecular weight excluding hydrogens is 271 g/mol. The third-order valence-electron chi connectivity index (χ3n) is 3.73. The van der Waals surface area contributed by atoms with Gasteiger partial charge in [0.1, 0.15) is 11.4 Å². The van der Waals surface area contributed by atoms with E-state index in [4.69, 9.17) is 10.5 Å². The number of amides is 1. The summed E-state index contributed by atoms with van der Waals surface area (Å²) in [6, 6.07) is 4.78. The van der Waals surface area contributed by atoms with Crippen LogP contribution in [0, 0.1) is 12.7 Å². The second-order valence-electron chi connectivity index (χ2n) is 6.61. The van der Waals surface area contributed by atoms with Gasteiger partial charge in [0.25, 0.3) is 0 Å². The van der Waals surface area contributed by atoms with Crippen molar-refractivity contribution in [2.45, 2.75) is 45.3 Å². The lowest BCUT2D eigenvalue weighted by Crippen LogP contribution is -2.36. The fraction of sp³-hybridized carbons (Fsp3) is 0.562. The first kappa shape index (κ1) is 15.8. The fourth-order valence-corrected chi connectivity index (χ4v) is 2.66. The maximum Gasteiger partial charge on any atom is 0.410 e. The number of hydrogen-bond donors (Lipinski definition) is 1. The Morgan fingerprint density at radius 1 is 1.38 bits per heavy atom. The molecule has 0 bridgehead atoms. The summed E-state index contributed by atoms with van der Waals surface area (Å²) in [6.07, 6.45) is -0.366. The van der Waals surface area contributed by atoms with E-state index in [1.54, 1.807) is 17.9 Å². The molecule has 2 N–H and O–H groups in total. The van der Waals surface area contributed by atoms with Gasteiger partial charge in [0.05, 0.1) is 0 Å². The Labute approximate surface area is 125 Å². The minimum absolute atomic E-state index is 0.0618. The van der Waals surface area contributed by atoms with Crippen LogP contribution in [0.25, 0.3) is 0 Å². The topological polar surface area (TPSA) is 55.6 Å². The molecule has 0 spiro atoms. The Hall–Kier alpha value is -1.62. The lowest BCUT2D eigenvalue weighted by atomic mass is 9.91. The van der Waals surface area contributed by atoms with Crippen molar-refractivity contribution in [1.82, 2.24) is 4.90 Å². The van der Waals surface area contributed by atoms with Crippen molar-refractivity contribution >= 4 is 6.09 Å². The maximum atomic E-state index is 13.7. The number of ether oxygens (including phenoxy) is 1. The Morgan fingerprint density at radius 3 is 2.67 bits per heavy atom. The van der Waals surface area contributed by atoms with Crippen molar-refractivity contribution in [1.29, 1.82) is 0 Å². The van der Waals surface area contributed by atoms with E-state index in [2.05, 4.69) is 0 Å². The van der Waals surface area contributed by atoms with E-state index >= 15 is 0 Å². The molecule has 5 heteroatoms. The van der Waals surface area contributed by atoms with Crippen molar-refractivity contribution in [3.63, 3.8) is 0 Å². The number of nitrogens with zero attached hydrogens (tertiary/aromatic N) is 1. The Morgan fingerprint density at radius 2 is 2.05 bits per heavy atom. The van der Waals surface area contributed by atoms with Crippen LogP contribution < -0.4 is 5.73 Å². The lowest BCUT2D eigenvalue weighted by Gasteiger charge is -2.24. The van der Waals surface area contributed by atoms with Crippen LogP contribution in [-0.4, -0.2) is 35.7 Å². The molecule has 0 unspecified atom stereocenters. The van der Waals surface area contributed by atoms with Crippen molar-refractivity contribution < 1.29 is 13.9 Å². The largest absolute Gasteiger partial charge is 0.444 e. The molecule has 0 aromatic heterocycles. The minimum atomic E-state index is -0.534. The first-order valence-corrected chi connectivity index (χ1v) is 7.17. The molecule has 0 radical (unpaired) electrons. The van der Waals surface area contributed by atoms with E-state index in [0.29, 0.717) is 18.7 Å². The second kappa shape index (κ2) is 5.64. The average Bonchev–Trinajstić information content (AvgIpc) is 2.73. The van der Waals surface area contributed by atoms with Crippen LogP contribution in [0.15, 0.2) is 18.2 Å². The lowest BCUT2D eigenvalue weighted by molar-refractivity contribution is 0.0290. The van der Waals surface area contributed by atoms with Gasteiger partial charge in [-0.25, -0.2) is 9.18 Å². The molecule has 1 fully saturated rings. The van der Waals surface area contributed by atoms with Crippen molar-refractivity contribution in [3.05, 3.63) is 35.1 Å². The number of rotatable bonds is 1. The first-order valence-electron chi connectivity index (χ1n) is 7.17. The number of nitrogens with two attached hydrogens (primary N) is 1. The van der Waals surface area contributed by atoms with E-state index in [0.717, 1.165) is 5.56 Å². The smallest absolute Gasteiger partial charge is 0.410 e. The third kappa shape index (κ3) is 3.53. The van der Waals surface area contributed by atoms with Gasteiger partial charge in [-0.2, -0.15) is 0 Å². The van der Waals surface area contributed by atoms with Gasteiger partial charge in [0.2, 0.25) is 0 Å². The van der Waals surface area contributed by atoms with Crippen LogP contribution in [0.2, 0.25) is 0 Å². The predicted octanol–water partition coefficient (Wildman–Crippen LogP) is 2.80. The molecule has 2 rings (SSSR count). The molecule has 0 saturated carbocycles. The summed E-state index contributed by atoms with van der Waals surface area (Å²) in [7, 11) is 0. The molecule has 0 aliphatic carbocycles. The van der Waals surface area contributed by atoms with Gasteiger partial charge in [-0.1, -0.05) is 12.1 Å². The van der Waals surface area contributed by atoms with Crippen LogP contribution in [-0.2, 0) is 4.74 Å². The van der Waals surface area contributed by atoms with E-state index in [9.17, 15) is 9.18 Å². The third-order valence-corrected chi connectivity index (χ3v) is 3.73. The zero-order valence-electron chi connectivity index (χ0n) is 13.0. The standard InChI is InChI=1S/C16H23FN2O2/c1-10-11(6-5-7-13(10)17)12-8-19(9-14(12)18)15(20)21-16(2,3)4/h5-7,12,14H,8-9,18H2,1-4H3/t12-,14+/m1/s1. The molecule has 21 heavy (non-hydrogen) atoms. The Bertz CT molecular complexity index is 540. The zero-order chi connectivity index (χ0) is 15.8. The number of carbonyl (C=O) groups is 1. The number of likely N-dealkylation sites (tertiary alicyclic amines) is 1. The summed E-state index contributed by atoms with van der Waals surface area (Å²) in [5.74, 6) is -0.302. The Kier molecular flexibility index (Phi) is 4.23. The summed E-state index contributed by atoms with van der Waals surface area (Å²) in [5.41, 5.74) is 7.09. The minimum Gasteiger partial charge on any atom is -0.444 e. The first-order chi connectivity index (χ1) is 9.69. The van der Waals surface area contributed by atoms with E-state index < -0.39 is 5.60 Å². The van der Waals surface area contributed by atoms with E-state index in [1.807, 2.05) is 26.8 Å². The molecule has 4 nitrogen and oxygen atoms in total. The average molecular weight is 294 g/mol. The van der Waals surface area contributed by atoms with Gasteiger partial charge >= 0.3 is 6.09 Å². The van der Waals surface area contributed by atoms with E-state index in [1.165, 1.54) is 6.07 Å². The number of benzene rings is 1. The summed E-state index contributed by atoms with van der Waals surface area (Å²) in [5, 5.41) is 0. The van der Waals surface area contributed by atoms with Crippen LogP contribution in [0.1, 0.15) is 37.8 Å². The fourth-order valence-electron chi connectivity index (χ4n) is 2.66. The molecule has 1 amide bonds. The summed E-state index contributed by atoms with van der Waals surface area (Å²) in [4.78, 5) is 13.7. The second-order valence-corrected chi connectivity index (χ2v) is 6.61. The van der Waals surface area contributed by atoms with Crippen LogP contribution in [0.4, 0.5) is 9.18 Å². The SMILES string of the molecule is Cc1c(F)cccc1[C@H]1CN(C(=O)OC(C)(C)C)C[C@@H]1N. The number of hydrogen-bond acceptors (Lipinski definition) is 3. The van der Waals surface area contributed by atoms with E-state index in [-0.39, 0.29) is 23.9 Å². The summed E-state index contributed by atoms with van der Waals surface area (Å²) < 4.78 is 19.1. The molecule has 1 aromatic carbocycles. The normalized spacial score (nSPS) is 22.5. The Balaban J connectivity index is 2.15. The van der Waals surface area contributed by atoms with Crippen LogP contribution in [0.5, 0.6) is 0 Å². The molecule has 1 aromatic rings. The zero-order valence-corrected chi connectivity index (χ0v) is 13.0. The van der Waals surface area contributed by atoms with Crippen LogP contribution in [0.3, 0.4) is 0 Å². The molecule has 1 aliphatic heterocycles. The van der Waals surface area contributed by atoms with Crippen LogP contribution >= 0.6 is 0 Å². The van der Waals surface area contributed by atoms with Crippen molar-refractivity contribution in [2.24, 2.45) is 5.73 Å². The van der Waals surface area contributed by atoms with Gasteiger partial charge in [0, 0.05) is 25.0 Å². The van der Waals surface area contributed by atoms with Gasteiger partial charge in [0.15, 0.2) is 0 Å². The van der Waals surface area contributed by atoms with Gasteiger partial charge < -0.3 is 15.4 Å². The summed E-state index contributed by atoms with van der Waals surface area (Å²) in [6.45, 7) is 8.11. The summed E-state index contributed by atoms with van der Waals surface area (Å²) >= 11 is 0. The highest BCUT2D eigenvalue weighted by atomic mass is 19.1. The van der Waals surface area contributed by atoms with Crippen molar-refractivity contribution in [3.8, 4) is 0 Å². The highest BCUT2D eigenvalue weighted by molar-refractivity contribution is 5.69. The highest BCUT2D eigenvalue weighted by Gasteiger charge is 2.36. The molecule has 116 valence electrons. The van der Waals surface area contributed by atoms with Gasteiger partial charge in [-0.05, 0) is 44.9 Å². The molecule has 2 atom stereocenters. The highest BCUT2D eigenvalue weighted by Crippen LogP contribution is 2.30. The monoisotopic (exact) mass is 294 g/mol. The number of carbonyl (C=O) groups excluding carboxylic acids is 1. The maximum absolute atomic E-state index is 13.7. The molecule has 1 saturated heterocycles.